The van der Waals surface area contributed by atoms with Gasteiger partial charge in [0.05, 0.1) is 64.8 Å². The molecule has 0 unspecified atom stereocenters. The lowest BCUT2D eigenvalue weighted by Crippen LogP contribution is -2.21. The van der Waals surface area contributed by atoms with Crippen LogP contribution in [0.3, 0.4) is 0 Å². The summed E-state index contributed by atoms with van der Waals surface area (Å²) in [5.41, 5.74) is 22.3. The minimum absolute atomic E-state index is 0. The Kier molecular flexibility index (Phi) is 48.9. The Morgan fingerprint density at radius 1 is 0.564 bits per heavy atom. The van der Waals surface area contributed by atoms with Gasteiger partial charge >= 0.3 is 6.03 Å². The number of alkyl halides is 2. The van der Waals surface area contributed by atoms with Gasteiger partial charge in [0.15, 0.2) is 0 Å². The monoisotopic (exact) mass is 2080 g/mol. The van der Waals surface area contributed by atoms with Crippen molar-refractivity contribution in [1.82, 2.24) is 29.7 Å². The highest BCUT2D eigenvalue weighted by Crippen LogP contribution is 2.43. The molecule has 630 valence electrons. The number of halogens is 13. The van der Waals surface area contributed by atoms with Crippen molar-refractivity contribution < 1.29 is 53.7 Å². The summed E-state index contributed by atoms with van der Waals surface area (Å²) in [4.78, 5) is 84.5. The number of nitrogen functional groups attached to an aromatic ring is 3. The number of nitro groups is 2. The number of pyridine rings is 4. The predicted molar refractivity (Wildman–Crippen MR) is 493 cm³/mol. The second-order valence-corrected chi connectivity index (χ2v) is 30.4. The van der Waals surface area contributed by atoms with Crippen molar-refractivity contribution in [1.29, 1.82) is 0 Å². The van der Waals surface area contributed by atoms with Crippen LogP contribution in [0.15, 0.2) is 167 Å². The zero-order valence-corrected chi connectivity index (χ0v) is 76.7. The first kappa shape index (κ1) is 104. The number of nitrogens with one attached hydrogen (secondary N) is 4. The van der Waals surface area contributed by atoms with Crippen molar-refractivity contribution in [2.75, 3.05) is 91.6 Å². The number of carbonyl (C=O) groups excluding carboxylic acids is 4. The van der Waals surface area contributed by atoms with E-state index in [1.165, 1.54) is 62.7 Å². The van der Waals surface area contributed by atoms with Gasteiger partial charge in [0, 0.05) is 108 Å². The Bertz CT molecular complexity index is 4980. The van der Waals surface area contributed by atoms with Gasteiger partial charge in [-0.2, -0.15) is 5.10 Å². The van der Waals surface area contributed by atoms with Gasteiger partial charge in [-0.3, -0.25) is 39.9 Å². The van der Waals surface area contributed by atoms with E-state index >= 15 is 0 Å². The van der Waals surface area contributed by atoms with Crippen molar-refractivity contribution in [3.05, 3.63) is 246 Å². The third-order valence-electron chi connectivity index (χ3n) is 13.9. The molecule has 0 bridgehead atoms. The van der Waals surface area contributed by atoms with E-state index in [0.29, 0.717) is 88.3 Å². The van der Waals surface area contributed by atoms with E-state index < -0.39 is 37.6 Å². The molecule has 0 aliphatic carbocycles. The summed E-state index contributed by atoms with van der Waals surface area (Å²) in [6, 6.07) is 35.2. The minimum Gasteiger partial charge on any atom is -0.497 e. The van der Waals surface area contributed by atoms with Crippen molar-refractivity contribution >= 4 is 270 Å². The Labute approximate surface area is 766 Å². The highest BCUT2D eigenvalue weighted by Gasteiger charge is 2.24. The third kappa shape index (κ3) is 36.4. The molecule has 0 saturated carbocycles. The average molecular weight is 2090 g/mol. The fourth-order valence-electron chi connectivity index (χ4n) is 8.50. The largest absolute Gasteiger partial charge is 0.497 e. The topological polar surface area (TPSA) is 387 Å². The van der Waals surface area contributed by atoms with E-state index in [1.807, 2.05) is 110 Å². The number of aromatic nitrogens is 6. The molecule has 0 radical (unpaired) electrons. The Hall–Kier alpha value is -7.05. The van der Waals surface area contributed by atoms with Crippen LogP contribution in [0.2, 0.25) is 40.2 Å². The Balaban J connectivity index is 0.000000531. The van der Waals surface area contributed by atoms with Gasteiger partial charge in [0.2, 0.25) is 5.24 Å². The molecule has 5 aromatic carbocycles. The molecule has 27 nitrogen and oxygen atoms in total. The van der Waals surface area contributed by atoms with E-state index in [4.69, 9.17) is 142 Å². The van der Waals surface area contributed by atoms with Crippen molar-refractivity contribution in [2.45, 2.75) is 70.9 Å². The van der Waals surface area contributed by atoms with Crippen LogP contribution in [0.1, 0.15) is 57.5 Å². The number of anilines is 7. The normalized spacial score (nSPS) is 10.3. The molecule has 10 rings (SSSR count). The van der Waals surface area contributed by atoms with Crippen LogP contribution in [0.5, 0.6) is 5.75 Å². The van der Waals surface area contributed by atoms with Crippen molar-refractivity contribution in [3.63, 3.8) is 0 Å². The zero-order chi connectivity index (χ0) is 86.4. The van der Waals surface area contributed by atoms with Crippen LogP contribution in [0.25, 0.3) is 5.69 Å². The van der Waals surface area contributed by atoms with E-state index in [1.54, 1.807) is 79.0 Å². The van der Waals surface area contributed by atoms with Crippen molar-refractivity contribution in [3.8, 4) is 11.4 Å². The number of carbonyl (C=O) groups is 4. The smallest absolute Gasteiger partial charge is 0.324 e. The van der Waals surface area contributed by atoms with E-state index in [0.717, 1.165) is 60.9 Å². The molecular weight excluding hydrogens is 2010 g/mol. The number of urea groups is 1. The van der Waals surface area contributed by atoms with Gasteiger partial charge in [0.25, 0.3) is 23.2 Å². The maximum atomic E-state index is 13.1. The number of nitrogens with zero attached hydrogens (tertiary/aromatic N) is 8. The van der Waals surface area contributed by atoms with Crippen LogP contribution in [-0.2, 0) is 56.6 Å². The zero-order valence-electron chi connectivity index (χ0n) is 63.0. The quantitative estimate of drug-likeness (QED) is 0.00432. The predicted octanol–water partition coefficient (Wildman–Crippen LogP) is 22.7. The summed E-state index contributed by atoms with van der Waals surface area (Å²) in [7, 11) is 5.93. The van der Waals surface area contributed by atoms with Crippen LogP contribution in [0, 0.1) is 26.0 Å². The van der Waals surface area contributed by atoms with Gasteiger partial charge in [-0.15, -0.1) is 52.3 Å². The molecule has 0 aliphatic heterocycles. The number of rotatable bonds is 24. The fraction of sp³-hybridized carbons (Fsp3) is 0.230. The number of methoxy groups -OCH3 is 4. The fourth-order valence-corrected chi connectivity index (χ4v) is 13.8. The maximum absolute atomic E-state index is 13.1. The number of nitrogens with two attached hydrogens (primary N) is 3. The lowest BCUT2D eigenvalue weighted by atomic mass is 9.92. The Morgan fingerprint density at radius 2 is 0.983 bits per heavy atom. The summed E-state index contributed by atoms with van der Waals surface area (Å²) >= 11 is 62.5. The molecule has 5 heterocycles. The molecular formula is C74H78Br2Cl9FIN15O12S3. The highest BCUT2D eigenvalue weighted by molar-refractivity contribution is 14.1. The first-order chi connectivity index (χ1) is 55.0. The molecule has 43 heteroatoms. The van der Waals surface area contributed by atoms with Crippen LogP contribution in [-0.4, -0.2) is 116 Å². The molecule has 0 saturated heterocycles. The third-order valence-corrected chi connectivity index (χ3v) is 21.8. The highest BCUT2D eigenvalue weighted by atomic mass is 127. The van der Waals surface area contributed by atoms with E-state index in [-0.39, 0.29) is 87.2 Å². The second-order valence-electron chi connectivity index (χ2n) is 23.3. The molecule has 10 aromatic rings. The second kappa shape index (κ2) is 55.0. The summed E-state index contributed by atoms with van der Waals surface area (Å²) in [6.45, 7) is 6.08. The number of ether oxygens (including phenoxy) is 4. The standard InChI is InChI=1S/C30H32Cl2N6O4S.C15H15Cl2N3O2S.C12H9Cl2N3O2S.C6H7BrN2.C6H2Cl2FNO2.C3H5ClO2.CH3I.CH4.BrH/c1-30(2,3)23-15-25(38(37-23)19-6-8-20(42-5)9-7-19)36-29(40)34-21-10-11-22(28(32)27(21)31)43-17-18-12-13-33-24(14-18)35-26(39)16-41-4;1-22-7-13(21)20-12-6-9(4-5-19-12)8-23-11-3-2-10(18)14(16)15(11)17;13-11-8(17(18)19)1-2-9(12(11)14)20-6-7-3-4-16-10(15)5-7;7-4-5-1-2-9-6(8)3-5;7-5-3(9)1-2-4(6(5)8)10(11)12;1-6-2-3(4)5;1-2;;/h6-15H,16-17H2,1-5H3,(H,33,35,39)(H2,34,36,40);2-6H,7-8,18H2,1H3,(H,19,20,21);1-5H,6H2,(H2,15,16);1-3H,4H2,(H2,8,9);1-2H;2H2,1H3;1H3;1H4;1H/i;;;;;;1D;;. The molecule has 5 aromatic heterocycles. The van der Waals surface area contributed by atoms with Gasteiger partial charge in [0.1, 0.15) is 75.5 Å². The lowest BCUT2D eigenvalue weighted by Gasteiger charge is -2.14. The summed E-state index contributed by atoms with van der Waals surface area (Å²) in [6.07, 6.45) is 6.57. The minimum atomic E-state index is -0.771. The van der Waals surface area contributed by atoms with Gasteiger partial charge < -0.3 is 52.1 Å². The van der Waals surface area contributed by atoms with Gasteiger partial charge in [-0.25, -0.2) is 33.8 Å². The lowest BCUT2D eigenvalue weighted by molar-refractivity contribution is -0.384. The van der Waals surface area contributed by atoms with E-state index in [2.05, 4.69) is 61.9 Å². The summed E-state index contributed by atoms with van der Waals surface area (Å²) in [5.74, 6) is 3.61. The van der Waals surface area contributed by atoms with Gasteiger partial charge in [-0.05, 0) is 148 Å². The molecule has 0 fully saturated rings. The molecule has 4 amide bonds. The SMILES string of the molecule is Br.C.COCC(=O)Cl.COCC(=O)Nc1cc(CSc2ccc(N)c(Cl)c2Cl)ccn1.COCC(=O)Nc1cc(CSc2ccc(NC(=O)Nc3cc(C(C)(C)C)nn3-c3ccc(OC)cc3)c(Cl)c2Cl)ccn1.Nc1cc(CBr)ccn1.Nc1cc(CSc2ccc([N+](=O)[O-])c(Cl)c2Cl)ccn1.O=[N+]([O-])c1ccc(F)c(Cl)c1Cl.[2H]CI. The number of hydrogen-bond donors (Lipinski definition) is 7. The summed E-state index contributed by atoms with van der Waals surface area (Å²) < 4.78 is 39.6. The van der Waals surface area contributed by atoms with E-state index in [9.17, 15) is 43.8 Å². The molecule has 10 N–H and O–H groups in total. The van der Waals surface area contributed by atoms with Crippen molar-refractivity contribution in [2.24, 2.45) is 0 Å². The first-order valence-electron chi connectivity index (χ1n) is 33.0. The number of nitro benzene ring substituents is 2. The molecule has 0 aliphatic rings. The maximum Gasteiger partial charge on any atom is 0.324 e. The molecule has 117 heavy (non-hydrogen) atoms. The van der Waals surface area contributed by atoms with Crippen LogP contribution < -0.4 is 43.2 Å². The first-order valence-corrected chi connectivity index (χ1v) is 41.3. The molecule has 0 atom stereocenters. The number of benzene rings is 5. The number of thioether (sulfide) groups is 3. The average Bonchev–Trinajstić information content (AvgIpc) is 1.65. The number of amides is 4. The summed E-state index contributed by atoms with van der Waals surface area (Å²) in [5, 5.41) is 37.8. The van der Waals surface area contributed by atoms with Gasteiger partial charge in [-0.1, -0.05) is 160 Å². The van der Waals surface area contributed by atoms with Crippen LogP contribution >= 0.6 is 195 Å². The molecule has 0 spiro atoms. The van der Waals surface area contributed by atoms with Crippen LogP contribution in [0.4, 0.5) is 61.0 Å². The Morgan fingerprint density at radius 3 is 1.41 bits per heavy atom. The number of hydrogen-bond acceptors (Lipinski definition) is 23.